The molecule has 0 saturated heterocycles. The fraction of sp³-hybridized carbons (Fsp3) is 1.00. The molecule has 0 aliphatic heterocycles. The Labute approximate surface area is 64.1 Å². The second-order valence-corrected chi connectivity index (χ2v) is 1.55. The Morgan fingerprint density at radius 1 is 0.909 bits per heavy atom. The van der Waals surface area contributed by atoms with E-state index >= 15 is 0 Å². The first-order chi connectivity index (χ1) is 5.41. The minimum atomic E-state index is -0.306. The zero-order valence-corrected chi connectivity index (χ0v) is 6.06. The van der Waals surface area contributed by atoms with Gasteiger partial charge in [-0.1, -0.05) is 5.04 Å². The molecule has 6 nitrogen and oxygen atoms in total. The highest BCUT2D eigenvalue weighted by molar-refractivity contribution is 4.27. The lowest BCUT2D eigenvalue weighted by Crippen LogP contribution is -2.09. The minimum absolute atomic E-state index is 0.148. The Kier molecular flexibility index (Phi) is 9.55. The molecule has 0 fully saturated rings. The van der Waals surface area contributed by atoms with E-state index in [2.05, 4.69) is 14.7 Å². The minimum Gasteiger partial charge on any atom is -0.377 e. The van der Waals surface area contributed by atoms with Crippen molar-refractivity contribution in [2.45, 2.75) is 0 Å². The molecule has 2 N–H and O–H groups in total. The topological polar surface area (TPSA) is 77.4 Å². The monoisotopic (exact) mass is 168 g/mol. The SMILES string of the molecule is OCOCCOCCOOO. The van der Waals surface area contributed by atoms with Crippen molar-refractivity contribution in [2.24, 2.45) is 0 Å². The number of hydrogen-bond acceptors (Lipinski definition) is 6. The van der Waals surface area contributed by atoms with Crippen LogP contribution in [0.2, 0.25) is 0 Å². The van der Waals surface area contributed by atoms with Crippen molar-refractivity contribution in [3.8, 4) is 0 Å². The van der Waals surface area contributed by atoms with Crippen molar-refractivity contribution in [2.75, 3.05) is 33.2 Å². The predicted octanol–water partition coefficient (Wildman–Crippen LogP) is -0.609. The molecule has 0 aromatic heterocycles. The van der Waals surface area contributed by atoms with Crippen molar-refractivity contribution in [1.82, 2.24) is 0 Å². The third-order valence-corrected chi connectivity index (χ3v) is 0.827. The van der Waals surface area contributed by atoms with Crippen LogP contribution in [0, 0.1) is 0 Å². The molecule has 6 heteroatoms. The predicted molar refractivity (Wildman–Crippen MR) is 33.5 cm³/mol. The van der Waals surface area contributed by atoms with E-state index in [1.54, 1.807) is 0 Å². The zero-order valence-electron chi connectivity index (χ0n) is 6.06. The molecule has 0 aliphatic carbocycles. The normalized spacial score (nSPS) is 10.4. The number of aliphatic hydroxyl groups is 1. The summed E-state index contributed by atoms with van der Waals surface area (Å²) in [6.07, 6.45) is 0. The largest absolute Gasteiger partial charge is 0.377 e. The second kappa shape index (κ2) is 9.76. The molecule has 0 radical (unpaired) electrons. The van der Waals surface area contributed by atoms with Gasteiger partial charge in [-0.25, -0.2) is 10.1 Å². The van der Waals surface area contributed by atoms with Gasteiger partial charge < -0.3 is 14.6 Å². The molecule has 0 rings (SSSR count). The van der Waals surface area contributed by atoms with E-state index in [1.807, 2.05) is 0 Å². The van der Waals surface area contributed by atoms with Gasteiger partial charge >= 0.3 is 0 Å². The van der Waals surface area contributed by atoms with Gasteiger partial charge in [0.2, 0.25) is 0 Å². The van der Waals surface area contributed by atoms with Gasteiger partial charge in [-0.3, -0.25) is 0 Å². The summed E-state index contributed by atoms with van der Waals surface area (Å²) in [6, 6.07) is 0. The summed E-state index contributed by atoms with van der Waals surface area (Å²) in [7, 11) is 0. The molecule has 0 aromatic rings. The number of rotatable bonds is 8. The molecular formula is C5H12O6. The van der Waals surface area contributed by atoms with Crippen LogP contribution in [0.4, 0.5) is 0 Å². The van der Waals surface area contributed by atoms with Crippen LogP contribution in [0.15, 0.2) is 0 Å². The van der Waals surface area contributed by atoms with E-state index in [9.17, 15) is 0 Å². The van der Waals surface area contributed by atoms with Crippen LogP contribution in [0.25, 0.3) is 0 Å². The Hall–Kier alpha value is -0.240. The van der Waals surface area contributed by atoms with Crippen molar-refractivity contribution in [1.29, 1.82) is 0 Å². The van der Waals surface area contributed by atoms with Crippen LogP contribution in [0.1, 0.15) is 0 Å². The lowest BCUT2D eigenvalue weighted by molar-refractivity contribution is -0.491. The van der Waals surface area contributed by atoms with Gasteiger partial charge in [-0.2, -0.15) is 0 Å². The first-order valence-electron chi connectivity index (χ1n) is 3.11. The van der Waals surface area contributed by atoms with Gasteiger partial charge in [-0.05, 0) is 0 Å². The fourth-order valence-corrected chi connectivity index (χ4v) is 0.415. The number of aliphatic hydroxyl groups excluding tert-OH is 1. The third-order valence-electron chi connectivity index (χ3n) is 0.827. The summed E-state index contributed by atoms with van der Waals surface area (Å²) in [5.41, 5.74) is 0. The van der Waals surface area contributed by atoms with Crippen LogP contribution >= 0.6 is 0 Å². The van der Waals surface area contributed by atoms with Gasteiger partial charge in [0.15, 0.2) is 0 Å². The molecule has 0 aromatic carbocycles. The van der Waals surface area contributed by atoms with Crippen LogP contribution < -0.4 is 0 Å². The molecule has 0 aliphatic rings. The Bertz CT molecular complexity index is 60.0. The first kappa shape index (κ1) is 10.8. The standard InChI is InChI=1S/C5H12O6/c6-5-9-2-1-8-3-4-10-11-7/h6-7H,1-5H2. The molecule has 0 saturated carbocycles. The molecule has 0 amide bonds. The summed E-state index contributed by atoms with van der Waals surface area (Å²) in [5.74, 6) is 0. The van der Waals surface area contributed by atoms with E-state index in [4.69, 9.17) is 15.1 Å². The summed E-state index contributed by atoms with van der Waals surface area (Å²) in [5, 5.41) is 19.1. The fourth-order valence-electron chi connectivity index (χ4n) is 0.415. The van der Waals surface area contributed by atoms with Crippen molar-refractivity contribution in [3.05, 3.63) is 0 Å². The Balaban J connectivity index is 2.69. The lowest BCUT2D eigenvalue weighted by Gasteiger charge is -2.01. The average Bonchev–Trinajstić information content (AvgIpc) is 2.03. The number of hydrogen-bond donors (Lipinski definition) is 2. The summed E-state index contributed by atoms with van der Waals surface area (Å²) in [6.45, 7) is 0.844. The maximum absolute atomic E-state index is 8.15. The van der Waals surface area contributed by atoms with Gasteiger partial charge in [0, 0.05) is 0 Å². The average molecular weight is 168 g/mol. The third kappa shape index (κ3) is 9.76. The van der Waals surface area contributed by atoms with Crippen LogP contribution in [0.5, 0.6) is 0 Å². The zero-order chi connectivity index (χ0) is 8.36. The smallest absolute Gasteiger partial charge is 0.143 e. The van der Waals surface area contributed by atoms with E-state index in [0.29, 0.717) is 19.8 Å². The molecule has 0 unspecified atom stereocenters. The maximum atomic E-state index is 8.15. The van der Waals surface area contributed by atoms with Gasteiger partial charge in [0.1, 0.15) is 13.4 Å². The van der Waals surface area contributed by atoms with Gasteiger partial charge in [-0.15, -0.1) is 0 Å². The summed E-state index contributed by atoms with van der Waals surface area (Å²) >= 11 is 0. The summed E-state index contributed by atoms with van der Waals surface area (Å²) in [4.78, 5) is 4.08. The molecule has 0 atom stereocenters. The second-order valence-electron chi connectivity index (χ2n) is 1.55. The molecule has 0 heterocycles. The molecular weight excluding hydrogens is 156 g/mol. The van der Waals surface area contributed by atoms with Crippen LogP contribution in [0.3, 0.4) is 0 Å². The molecule has 68 valence electrons. The quantitative estimate of drug-likeness (QED) is 0.218. The van der Waals surface area contributed by atoms with Gasteiger partial charge in [0.05, 0.1) is 19.8 Å². The molecule has 11 heavy (non-hydrogen) atoms. The highest BCUT2D eigenvalue weighted by Gasteiger charge is 1.89. The maximum Gasteiger partial charge on any atom is 0.143 e. The van der Waals surface area contributed by atoms with Crippen molar-refractivity contribution in [3.63, 3.8) is 0 Å². The highest BCUT2D eigenvalue weighted by Crippen LogP contribution is 1.79. The summed E-state index contributed by atoms with van der Waals surface area (Å²) < 4.78 is 9.43. The van der Waals surface area contributed by atoms with E-state index in [-0.39, 0.29) is 13.4 Å². The Morgan fingerprint density at radius 3 is 2.18 bits per heavy atom. The van der Waals surface area contributed by atoms with E-state index in [1.165, 1.54) is 0 Å². The van der Waals surface area contributed by atoms with Crippen molar-refractivity contribution < 1.29 is 29.8 Å². The molecule has 0 spiro atoms. The highest BCUT2D eigenvalue weighted by atomic mass is 17.5. The van der Waals surface area contributed by atoms with E-state index in [0.717, 1.165) is 0 Å². The van der Waals surface area contributed by atoms with Crippen molar-refractivity contribution >= 4 is 0 Å². The van der Waals surface area contributed by atoms with E-state index < -0.39 is 0 Å². The lowest BCUT2D eigenvalue weighted by atomic mass is 10.7. The number of ether oxygens (including phenoxy) is 2. The first-order valence-corrected chi connectivity index (χ1v) is 3.11. The van der Waals surface area contributed by atoms with Gasteiger partial charge in [0.25, 0.3) is 0 Å². The van der Waals surface area contributed by atoms with Crippen LogP contribution in [-0.4, -0.2) is 43.6 Å². The van der Waals surface area contributed by atoms with Crippen LogP contribution in [-0.2, 0) is 19.4 Å². The Morgan fingerprint density at radius 2 is 1.55 bits per heavy atom. The molecule has 0 bridgehead atoms.